The smallest absolute Gasteiger partial charge is 0.178 e. The Labute approximate surface area is 218 Å². The molecule has 6 rings (SSSR count). The molecule has 1 fully saturated rings. The predicted molar refractivity (Wildman–Crippen MR) is 151 cm³/mol. The lowest BCUT2D eigenvalue weighted by atomic mass is 9.82. The van der Waals surface area contributed by atoms with E-state index >= 15 is 0 Å². The number of fused-ring (bicyclic) bond motifs is 3. The fraction of sp³-hybridized carbons (Fsp3) is 0.250. The topological polar surface area (TPSA) is 34.2 Å². The molecule has 4 aromatic rings. The zero-order valence-corrected chi connectivity index (χ0v) is 21.6. The zero-order valence-electron chi connectivity index (χ0n) is 21.6. The fourth-order valence-electron chi connectivity index (χ4n) is 5.41. The lowest BCUT2D eigenvalue weighted by molar-refractivity contribution is 0.122. The number of benzene rings is 4. The molecule has 4 aromatic carbocycles. The molecule has 0 N–H and O–H groups in total. The summed E-state index contributed by atoms with van der Waals surface area (Å²) in [7, 11) is 5.82. The van der Waals surface area contributed by atoms with Crippen LogP contribution < -0.4 is 19.3 Å². The van der Waals surface area contributed by atoms with Crippen molar-refractivity contribution in [3.63, 3.8) is 0 Å². The van der Waals surface area contributed by atoms with Gasteiger partial charge in [-0.25, -0.2) is 0 Å². The second kappa shape index (κ2) is 9.49. The van der Waals surface area contributed by atoms with Gasteiger partial charge >= 0.3 is 0 Å². The number of rotatable bonds is 5. The quantitative estimate of drug-likeness (QED) is 0.336. The van der Waals surface area contributed by atoms with Gasteiger partial charge in [-0.15, -0.1) is 0 Å². The van der Waals surface area contributed by atoms with Gasteiger partial charge in [-0.1, -0.05) is 48.5 Å². The third-order valence-corrected chi connectivity index (χ3v) is 7.44. The predicted octanol–water partition coefficient (Wildman–Crippen LogP) is 6.10. The van der Waals surface area contributed by atoms with Crippen molar-refractivity contribution in [1.29, 1.82) is 0 Å². The highest BCUT2D eigenvalue weighted by atomic mass is 16.5. The Kier molecular flexibility index (Phi) is 6.01. The number of ether oxygens (including phenoxy) is 3. The summed E-state index contributed by atoms with van der Waals surface area (Å²) < 4.78 is 18.2. The van der Waals surface area contributed by atoms with Crippen molar-refractivity contribution in [2.24, 2.45) is 0 Å². The first-order chi connectivity index (χ1) is 18.1. The number of hydrogen-bond acceptors (Lipinski definition) is 5. The minimum Gasteiger partial charge on any atom is -0.497 e. The fourth-order valence-corrected chi connectivity index (χ4v) is 5.41. The van der Waals surface area contributed by atoms with E-state index in [1.54, 1.807) is 7.11 Å². The van der Waals surface area contributed by atoms with Crippen molar-refractivity contribution < 1.29 is 14.2 Å². The second-order valence-electron chi connectivity index (χ2n) is 9.80. The minimum atomic E-state index is -0.782. The van der Waals surface area contributed by atoms with Gasteiger partial charge < -0.3 is 24.0 Å². The molecule has 2 aliphatic heterocycles. The summed E-state index contributed by atoms with van der Waals surface area (Å²) in [5, 5.41) is 2.44. The molecule has 2 aliphatic rings. The van der Waals surface area contributed by atoms with Gasteiger partial charge in [0.15, 0.2) is 5.60 Å². The first-order valence-electron chi connectivity index (χ1n) is 12.8. The van der Waals surface area contributed by atoms with Crippen LogP contribution in [0.4, 0.5) is 11.4 Å². The van der Waals surface area contributed by atoms with Crippen molar-refractivity contribution in [2.45, 2.75) is 5.60 Å². The van der Waals surface area contributed by atoms with Crippen LogP contribution in [0.25, 0.3) is 16.8 Å². The van der Waals surface area contributed by atoms with Crippen LogP contribution in [0.2, 0.25) is 0 Å². The Hall–Kier alpha value is -3.96. The highest BCUT2D eigenvalue weighted by Gasteiger charge is 2.38. The van der Waals surface area contributed by atoms with Crippen LogP contribution in [0.15, 0.2) is 84.9 Å². The zero-order chi connectivity index (χ0) is 25.4. The van der Waals surface area contributed by atoms with E-state index in [1.807, 2.05) is 12.1 Å². The van der Waals surface area contributed by atoms with E-state index < -0.39 is 5.60 Å². The van der Waals surface area contributed by atoms with Crippen molar-refractivity contribution in [3.05, 3.63) is 102 Å². The SMILES string of the molecule is COc1ccc(C2(c3cccc(N(C)C)c3)C=Cc3c(cc(N4CCOCC4)c4ccccc34)O2)cc1. The molecule has 5 heteroatoms. The van der Waals surface area contributed by atoms with Gasteiger partial charge in [0, 0.05) is 66.7 Å². The van der Waals surface area contributed by atoms with Crippen molar-refractivity contribution in [1.82, 2.24) is 0 Å². The summed E-state index contributed by atoms with van der Waals surface area (Å²) in [5.74, 6) is 1.70. The minimum absolute atomic E-state index is 0.735. The summed E-state index contributed by atoms with van der Waals surface area (Å²) in [6.45, 7) is 3.21. The maximum Gasteiger partial charge on any atom is 0.178 e. The number of morpholine rings is 1. The molecule has 37 heavy (non-hydrogen) atoms. The Morgan fingerprint density at radius 1 is 0.838 bits per heavy atom. The summed E-state index contributed by atoms with van der Waals surface area (Å²) in [5.41, 5.74) is 4.77. The first kappa shape index (κ1) is 23.4. The monoisotopic (exact) mass is 492 g/mol. The molecule has 0 aliphatic carbocycles. The van der Waals surface area contributed by atoms with Gasteiger partial charge in [0.1, 0.15) is 11.5 Å². The maximum atomic E-state index is 7.14. The van der Waals surface area contributed by atoms with Crippen LogP contribution in [-0.4, -0.2) is 47.5 Å². The van der Waals surface area contributed by atoms with Crippen LogP contribution in [0, 0.1) is 0 Å². The van der Waals surface area contributed by atoms with Crippen LogP contribution >= 0.6 is 0 Å². The molecule has 0 spiro atoms. The molecule has 0 aromatic heterocycles. The van der Waals surface area contributed by atoms with Gasteiger partial charge in [0.25, 0.3) is 0 Å². The molecule has 1 unspecified atom stereocenters. The molecular formula is C32H32N2O3. The maximum absolute atomic E-state index is 7.14. The van der Waals surface area contributed by atoms with Crippen molar-refractivity contribution >= 4 is 28.2 Å². The van der Waals surface area contributed by atoms with Crippen LogP contribution in [0.1, 0.15) is 16.7 Å². The standard InChI is InChI=1S/C32H32N2O3/c1-33(2)25-8-6-7-24(21-25)32(23-11-13-26(35-3)14-12-23)16-15-29-27-9-4-5-10-28(27)30(22-31(29)37-32)34-17-19-36-20-18-34/h4-16,21-22H,17-20H2,1-3H3. The molecule has 1 saturated heterocycles. The molecule has 2 heterocycles. The van der Waals surface area contributed by atoms with Crippen LogP contribution in [-0.2, 0) is 10.3 Å². The Morgan fingerprint density at radius 3 is 2.32 bits per heavy atom. The van der Waals surface area contributed by atoms with E-state index in [1.165, 1.54) is 16.5 Å². The molecular weight excluding hydrogens is 460 g/mol. The average Bonchev–Trinajstić information content (AvgIpc) is 2.97. The number of nitrogens with zero attached hydrogens (tertiary/aromatic N) is 2. The Morgan fingerprint density at radius 2 is 1.59 bits per heavy atom. The van der Waals surface area contributed by atoms with Crippen molar-refractivity contribution in [2.75, 3.05) is 57.3 Å². The van der Waals surface area contributed by atoms with E-state index in [0.29, 0.717) is 0 Å². The van der Waals surface area contributed by atoms with E-state index in [-0.39, 0.29) is 0 Å². The first-order valence-corrected chi connectivity index (χ1v) is 12.8. The highest BCUT2D eigenvalue weighted by molar-refractivity contribution is 6.02. The van der Waals surface area contributed by atoms with E-state index in [4.69, 9.17) is 14.2 Å². The van der Waals surface area contributed by atoms with E-state index in [0.717, 1.165) is 60.2 Å². The molecule has 188 valence electrons. The van der Waals surface area contributed by atoms with Crippen LogP contribution in [0.3, 0.4) is 0 Å². The highest BCUT2D eigenvalue weighted by Crippen LogP contribution is 2.47. The van der Waals surface area contributed by atoms with Gasteiger partial charge in [-0.05, 0) is 41.8 Å². The molecule has 5 nitrogen and oxygen atoms in total. The van der Waals surface area contributed by atoms with E-state index in [2.05, 4.69) is 103 Å². The lowest BCUT2D eigenvalue weighted by Gasteiger charge is -2.38. The average molecular weight is 493 g/mol. The third kappa shape index (κ3) is 4.09. The van der Waals surface area contributed by atoms with Gasteiger partial charge in [0.2, 0.25) is 0 Å². The lowest BCUT2D eigenvalue weighted by Crippen LogP contribution is -2.37. The number of anilines is 2. The van der Waals surface area contributed by atoms with Gasteiger partial charge in [-0.3, -0.25) is 0 Å². The number of methoxy groups -OCH3 is 1. The summed E-state index contributed by atoms with van der Waals surface area (Å²) in [6, 6.07) is 27.6. The molecule has 0 radical (unpaired) electrons. The van der Waals surface area contributed by atoms with Crippen LogP contribution in [0.5, 0.6) is 11.5 Å². The second-order valence-corrected chi connectivity index (χ2v) is 9.80. The summed E-state index contributed by atoms with van der Waals surface area (Å²) in [6.07, 6.45) is 4.43. The van der Waals surface area contributed by atoms with E-state index in [9.17, 15) is 0 Å². The molecule has 0 saturated carbocycles. The summed E-state index contributed by atoms with van der Waals surface area (Å²) in [4.78, 5) is 4.53. The molecule has 1 atom stereocenters. The largest absolute Gasteiger partial charge is 0.497 e. The van der Waals surface area contributed by atoms with Gasteiger partial charge in [-0.2, -0.15) is 0 Å². The van der Waals surface area contributed by atoms with Crippen molar-refractivity contribution in [3.8, 4) is 11.5 Å². The molecule has 0 bridgehead atoms. The molecule has 0 amide bonds. The Bertz CT molecular complexity index is 1460. The normalized spacial score (nSPS) is 18.8. The third-order valence-electron chi connectivity index (χ3n) is 7.44. The Balaban J connectivity index is 1.55. The van der Waals surface area contributed by atoms with Gasteiger partial charge in [0.05, 0.1) is 20.3 Å². The summed E-state index contributed by atoms with van der Waals surface area (Å²) >= 11 is 0. The number of hydrogen-bond donors (Lipinski definition) is 0.